The van der Waals surface area contributed by atoms with Crippen molar-refractivity contribution in [3.8, 4) is 0 Å². The van der Waals surface area contributed by atoms with Crippen LogP contribution in [0.15, 0.2) is 28.9 Å². The molecule has 15 heavy (non-hydrogen) atoms. The first-order valence-corrected chi connectivity index (χ1v) is 5.98. The number of aryl methyl sites for hydroxylation is 2. The lowest BCUT2D eigenvalue weighted by molar-refractivity contribution is 0.660. The number of benzene rings is 1. The Bertz CT molecular complexity index is 474. The predicted molar refractivity (Wildman–Crippen MR) is 68.0 cm³/mol. The van der Waals surface area contributed by atoms with Crippen LogP contribution in [-0.4, -0.2) is 11.1 Å². The highest BCUT2D eigenvalue weighted by molar-refractivity contribution is 9.10. The number of rotatable bonds is 3. The van der Waals surface area contributed by atoms with Crippen LogP contribution in [0.25, 0.3) is 10.9 Å². The second-order valence-electron chi connectivity index (χ2n) is 3.77. The molecule has 0 aliphatic rings. The number of hydrogen-bond acceptors (Lipinski definition) is 1. The van der Waals surface area contributed by atoms with Gasteiger partial charge < -0.3 is 10.3 Å². The molecule has 0 bridgehead atoms. The molecule has 0 radical (unpaired) electrons. The third-order valence-electron chi connectivity index (χ3n) is 2.66. The van der Waals surface area contributed by atoms with E-state index < -0.39 is 0 Å². The lowest BCUT2D eigenvalue weighted by Crippen LogP contribution is -2.06. The summed E-state index contributed by atoms with van der Waals surface area (Å²) in [4.78, 5) is 0. The molecule has 3 heteroatoms. The average molecular weight is 267 g/mol. The third kappa shape index (κ3) is 1.94. The maximum atomic E-state index is 5.55. The Morgan fingerprint density at radius 1 is 1.40 bits per heavy atom. The number of nitrogens with zero attached hydrogens (tertiary/aromatic N) is 1. The number of para-hydroxylation sites is 1. The van der Waals surface area contributed by atoms with E-state index in [9.17, 15) is 0 Å². The number of hydrogen-bond donors (Lipinski definition) is 1. The average Bonchev–Trinajstić information content (AvgIpc) is 2.53. The molecule has 0 unspecified atom stereocenters. The number of aromatic nitrogens is 1. The first kappa shape index (κ1) is 10.7. The topological polar surface area (TPSA) is 30.9 Å². The molecule has 2 rings (SSSR count). The molecule has 80 valence electrons. The van der Waals surface area contributed by atoms with Gasteiger partial charge in [0.05, 0.1) is 10.1 Å². The van der Waals surface area contributed by atoms with Gasteiger partial charge in [-0.2, -0.15) is 0 Å². The van der Waals surface area contributed by atoms with E-state index in [1.54, 1.807) is 0 Å². The fraction of sp³-hybridized carbons (Fsp3) is 0.333. The van der Waals surface area contributed by atoms with E-state index in [0.717, 1.165) is 24.1 Å². The van der Waals surface area contributed by atoms with Crippen LogP contribution in [0.2, 0.25) is 0 Å². The van der Waals surface area contributed by atoms with E-state index in [1.165, 1.54) is 16.5 Å². The SMILES string of the molecule is Cc1cccc2cc(Br)n(CCCN)c12. The summed E-state index contributed by atoms with van der Waals surface area (Å²) in [6, 6.07) is 8.55. The minimum atomic E-state index is 0.734. The van der Waals surface area contributed by atoms with Crippen LogP contribution < -0.4 is 5.73 Å². The van der Waals surface area contributed by atoms with E-state index >= 15 is 0 Å². The normalized spacial score (nSPS) is 11.1. The van der Waals surface area contributed by atoms with Crippen molar-refractivity contribution in [3.63, 3.8) is 0 Å². The summed E-state index contributed by atoms with van der Waals surface area (Å²) in [5.41, 5.74) is 8.18. The summed E-state index contributed by atoms with van der Waals surface area (Å²) in [7, 11) is 0. The highest BCUT2D eigenvalue weighted by Gasteiger charge is 2.07. The minimum absolute atomic E-state index is 0.734. The summed E-state index contributed by atoms with van der Waals surface area (Å²) in [5, 5.41) is 1.29. The summed E-state index contributed by atoms with van der Waals surface area (Å²) in [6.07, 6.45) is 1.01. The molecule has 2 N–H and O–H groups in total. The zero-order valence-electron chi connectivity index (χ0n) is 8.83. The lowest BCUT2D eigenvalue weighted by Gasteiger charge is -2.08. The second-order valence-corrected chi connectivity index (χ2v) is 4.59. The van der Waals surface area contributed by atoms with Crippen LogP contribution in [0.5, 0.6) is 0 Å². The van der Waals surface area contributed by atoms with E-state index in [2.05, 4.69) is 51.7 Å². The Kier molecular flexibility index (Phi) is 3.12. The maximum absolute atomic E-state index is 5.55. The molecule has 0 spiro atoms. The van der Waals surface area contributed by atoms with Gasteiger partial charge >= 0.3 is 0 Å². The van der Waals surface area contributed by atoms with E-state index in [0.29, 0.717) is 0 Å². The number of halogens is 1. The molecule has 0 atom stereocenters. The molecule has 0 amide bonds. The Labute approximate surface area is 98.2 Å². The lowest BCUT2D eigenvalue weighted by atomic mass is 10.2. The molecule has 0 saturated heterocycles. The zero-order valence-corrected chi connectivity index (χ0v) is 10.4. The maximum Gasteiger partial charge on any atom is 0.0857 e. The minimum Gasteiger partial charge on any atom is -0.335 e. The van der Waals surface area contributed by atoms with Crippen molar-refractivity contribution in [1.29, 1.82) is 0 Å². The number of fused-ring (bicyclic) bond motifs is 1. The summed E-state index contributed by atoms with van der Waals surface area (Å²) in [5.74, 6) is 0. The fourth-order valence-electron chi connectivity index (χ4n) is 1.95. The third-order valence-corrected chi connectivity index (χ3v) is 3.31. The van der Waals surface area contributed by atoms with Gasteiger partial charge in [0.1, 0.15) is 0 Å². The van der Waals surface area contributed by atoms with Crippen LogP contribution >= 0.6 is 15.9 Å². The van der Waals surface area contributed by atoms with Gasteiger partial charge in [-0.15, -0.1) is 0 Å². The van der Waals surface area contributed by atoms with Crippen molar-refractivity contribution in [2.45, 2.75) is 19.9 Å². The molecule has 1 aromatic carbocycles. The van der Waals surface area contributed by atoms with E-state index in [4.69, 9.17) is 5.73 Å². The van der Waals surface area contributed by atoms with Gasteiger partial charge in [0.25, 0.3) is 0 Å². The summed E-state index contributed by atoms with van der Waals surface area (Å²) < 4.78 is 3.43. The van der Waals surface area contributed by atoms with Crippen molar-refractivity contribution in [2.75, 3.05) is 6.54 Å². The summed E-state index contributed by atoms with van der Waals surface area (Å²) >= 11 is 3.60. The van der Waals surface area contributed by atoms with Crippen molar-refractivity contribution >= 4 is 26.8 Å². The van der Waals surface area contributed by atoms with Crippen LogP contribution in [0.1, 0.15) is 12.0 Å². The van der Waals surface area contributed by atoms with E-state index in [1.807, 2.05) is 0 Å². The van der Waals surface area contributed by atoms with Gasteiger partial charge in [0.15, 0.2) is 0 Å². The van der Waals surface area contributed by atoms with Gasteiger partial charge in [-0.1, -0.05) is 18.2 Å². The van der Waals surface area contributed by atoms with Gasteiger partial charge in [-0.3, -0.25) is 0 Å². The molecular weight excluding hydrogens is 252 g/mol. The molecule has 2 aromatic rings. The first-order chi connectivity index (χ1) is 7.24. The second kappa shape index (κ2) is 4.37. The number of nitrogens with two attached hydrogens (primary N) is 1. The summed E-state index contributed by atoms with van der Waals surface area (Å²) in [6.45, 7) is 3.86. The van der Waals surface area contributed by atoms with Crippen molar-refractivity contribution in [1.82, 2.24) is 4.57 Å². The van der Waals surface area contributed by atoms with Gasteiger partial charge in [0.2, 0.25) is 0 Å². The largest absolute Gasteiger partial charge is 0.335 e. The van der Waals surface area contributed by atoms with Gasteiger partial charge in [-0.05, 0) is 47.4 Å². The highest BCUT2D eigenvalue weighted by Crippen LogP contribution is 2.26. The molecule has 0 aliphatic carbocycles. The zero-order chi connectivity index (χ0) is 10.8. The van der Waals surface area contributed by atoms with E-state index in [-0.39, 0.29) is 0 Å². The van der Waals surface area contributed by atoms with Gasteiger partial charge in [0, 0.05) is 11.9 Å². The molecule has 0 saturated carbocycles. The molecule has 1 aromatic heterocycles. The molecule has 1 heterocycles. The Morgan fingerprint density at radius 3 is 2.93 bits per heavy atom. The van der Waals surface area contributed by atoms with Crippen LogP contribution in [0, 0.1) is 6.92 Å². The smallest absolute Gasteiger partial charge is 0.0857 e. The molecule has 2 nitrogen and oxygen atoms in total. The standard InChI is InChI=1S/C12H15BrN2/c1-9-4-2-5-10-8-11(13)15(12(9)10)7-3-6-14/h2,4-5,8H,3,6-7,14H2,1H3. The van der Waals surface area contributed by atoms with Crippen LogP contribution in [0.3, 0.4) is 0 Å². The molecular formula is C12H15BrN2. The Balaban J connectivity index is 2.55. The first-order valence-electron chi connectivity index (χ1n) is 5.18. The quantitative estimate of drug-likeness (QED) is 0.910. The fourth-order valence-corrected chi connectivity index (χ4v) is 2.55. The van der Waals surface area contributed by atoms with Crippen molar-refractivity contribution < 1.29 is 0 Å². The Morgan fingerprint density at radius 2 is 2.20 bits per heavy atom. The Hall–Kier alpha value is -0.800. The van der Waals surface area contributed by atoms with Crippen LogP contribution in [0.4, 0.5) is 0 Å². The molecule has 0 aliphatic heterocycles. The van der Waals surface area contributed by atoms with Crippen LogP contribution in [-0.2, 0) is 6.54 Å². The van der Waals surface area contributed by atoms with Crippen molar-refractivity contribution in [2.24, 2.45) is 5.73 Å². The highest BCUT2D eigenvalue weighted by atomic mass is 79.9. The predicted octanol–water partition coefficient (Wildman–Crippen LogP) is 3.06. The van der Waals surface area contributed by atoms with Gasteiger partial charge in [-0.25, -0.2) is 0 Å². The monoisotopic (exact) mass is 266 g/mol. The van der Waals surface area contributed by atoms with Crippen molar-refractivity contribution in [3.05, 3.63) is 34.4 Å². The molecule has 0 fully saturated rings.